The molecule has 0 spiro atoms. The van der Waals surface area contributed by atoms with Gasteiger partial charge in [-0.05, 0) is 0 Å². The van der Waals surface area contributed by atoms with Gasteiger partial charge < -0.3 is 4.98 Å². The fraction of sp³-hybridized carbons (Fsp3) is 0. The molecule has 2 heterocycles. The first-order chi connectivity index (χ1) is 5.88. The quantitative estimate of drug-likeness (QED) is 0.606. The van der Waals surface area contributed by atoms with Crippen LogP contribution in [0.5, 0.6) is 0 Å². The number of aromatic amines is 1. The number of aromatic nitrogens is 5. The first-order valence-electron chi connectivity index (χ1n) is 3.26. The number of hydrogen-bond donors (Lipinski definition) is 1. The number of nitrogens with one attached hydrogen (secondary N) is 1. The summed E-state index contributed by atoms with van der Waals surface area (Å²) < 4.78 is 1.30. The fourth-order valence-corrected chi connectivity index (χ4v) is 0.825. The lowest BCUT2D eigenvalue weighted by Gasteiger charge is -1.94. The summed E-state index contributed by atoms with van der Waals surface area (Å²) in [6.45, 7) is 0. The van der Waals surface area contributed by atoms with E-state index < -0.39 is 0 Å². The smallest absolute Gasteiger partial charge is 0.293 e. The molecule has 2 rings (SSSR count). The van der Waals surface area contributed by atoms with Gasteiger partial charge in [-0.15, -0.1) is 0 Å². The SMILES string of the molecule is O=c1[nH]ccnc1-n1cncn1. The molecule has 0 bridgehead atoms. The summed E-state index contributed by atoms with van der Waals surface area (Å²) in [5.41, 5.74) is -0.289. The summed E-state index contributed by atoms with van der Waals surface area (Å²) in [5, 5.41) is 3.77. The molecule has 0 atom stereocenters. The normalized spacial score (nSPS) is 10.0. The highest BCUT2D eigenvalue weighted by atomic mass is 16.1. The summed E-state index contributed by atoms with van der Waals surface area (Å²) in [4.78, 5) is 21.1. The number of H-pyrrole nitrogens is 1. The zero-order valence-corrected chi connectivity index (χ0v) is 6.01. The van der Waals surface area contributed by atoms with Crippen LogP contribution in [0.15, 0.2) is 29.8 Å². The van der Waals surface area contributed by atoms with Gasteiger partial charge in [-0.2, -0.15) is 9.78 Å². The molecule has 0 unspecified atom stereocenters. The molecule has 0 fully saturated rings. The molecule has 12 heavy (non-hydrogen) atoms. The molecule has 2 aromatic rings. The molecule has 60 valence electrons. The van der Waals surface area contributed by atoms with Crippen molar-refractivity contribution >= 4 is 0 Å². The van der Waals surface area contributed by atoms with Crippen LogP contribution >= 0.6 is 0 Å². The van der Waals surface area contributed by atoms with E-state index >= 15 is 0 Å². The summed E-state index contributed by atoms with van der Waals surface area (Å²) in [7, 11) is 0. The maximum absolute atomic E-state index is 11.1. The molecule has 0 radical (unpaired) electrons. The average Bonchev–Trinajstić information content (AvgIpc) is 2.57. The van der Waals surface area contributed by atoms with Gasteiger partial charge in [0, 0.05) is 12.4 Å². The van der Waals surface area contributed by atoms with Crippen molar-refractivity contribution < 1.29 is 0 Å². The molecular formula is C6H5N5O. The third-order valence-corrected chi connectivity index (χ3v) is 1.32. The largest absolute Gasteiger partial charge is 0.324 e. The van der Waals surface area contributed by atoms with Gasteiger partial charge in [0.15, 0.2) is 0 Å². The molecule has 0 aliphatic rings. The van der Waals surface area contributed by atoms with Crippen molar-refractivity contribution in [1.82, 2.24) is 24.7 Å². The first kappa shape index (κ1) is 6.71. The van der Waals surface area contributed by atoms with E-state index in [0.29, 0.717) is 0 Å². The standard InChI is InChI=1S/C6H5N5O/c12-6-5(8-1-2-9-6)11-4-7-3-10-11/h1-4H,(H,9,12). The van der Waals surface area contributed by atoms with Gasteiger partial charge in [0.2, 0.25) is 5.82 Å². The zero-order valence-electron chi connectivity index (χ0n) is 6.01. The Morgan fingerprint density at radius 3 is 3.08 bits per heavy atom. The molecule has 2 aromatic heterocycles. The van der Waals surface area contributed by atoms with Crippen molar-refractivity contribution in [3.8, 4) is 5.82 Å². The fourth-order valence-electron chi connectivity index (χ4n) is 0.825. The second-order valence-corrected chi connectivity index (χ2v) is 2.08. The van der Waals surface area contributed by atoms with E-state index in [1.54, 1.807) is 0 Å². The van der Waals surface area contributed by atoms with E-state index in [1.165, 1.54) is 29.7 Å². The Morgan fingerprint density at radius 2 is 2.42 bits per heavy atom. The Balaban J connectivity index is 2.63. The molecule has 0 saturated heterocycles. The minimum absolute atomic E-state index is 0.218. The van der Waals surface area contributed by atoms with E-state index in [9.17, 15) is 4.79 Å². The Kier molecular flexibility index (Phi) is 1.44. The van der Waals surface area contributed by atoms with Crippen molar-refractivity contribution in [1.29, 1.82) is 0 Å². The van der Waals surface area contributed by atoms with Crippen molar-refractivity contribution in [2.45, 2.75) is 0 Å². The molecule has 0 amide bonds. The lowest BCUT2D eigenvalue weighted by molar-refractivity contribution is 0.823. The van der Waals surface area contributed by atoms with Crippen LogP contribution in [0.25, 0.3) is 5.82 Å². The monoisotopic (exact) mass is 163 g/mol. The molecule has 0 aliphatic carbocycles. The predicted octanol–water partition coefficient (Wildman–Crippen LogP) is -0.649. The van der Waals surface area contributed by atoms with Crippen LogP contribution in [0.1, 0.15) is 0 Å². The highest BCUT2D eigenvalue weighted by Gasteiger charge is 2.01. The summed E-state index contributed by atoms with van der Waals surface area (Å²) in [6, 6.07) is 0. The topological polar surface area (TPSA) is 76.5 Å². The van der Waals surface area contributed by atoms with E-state index in [1.807, 2.05) is 0 Å². The molecule has 0 saturated carbocycles. The van der Waals surface area contributed by atoms with Gasteiger partial charge >= 0.3 is 0 Å². The van der Waals surface area contributed by atoms with Gasteiger partial charge in [-0.1, -0.05) is 0 Å². The third-order valence-electron chi connectivity index (χ3n) is 1.32. The Morgan fingerprint density at radius 1 is 1.50 bits per heavy atom. The van der Waals surface area contributed by atoms with E-state index in [0.717, 1.165) is 0 Å². The maximum Gasteiger partial charge on any atom is 0.293 e. The number of hydrogen-bond acceptors (Lipinski definition) is 4. The maximum atomic E-state index is 11.1. The van der Waals surface area contributed by atoms with E-state index in [4.69, 9.17) is 0 Å². The van der Waals surface area contributed by atoms with E-state index in [2.05, 4.69) is 20.1 Å². The van der Waals surface area contributed by atoms with Gasteiger partial charge in [0.1, 0.15) is 12.7 Å². The zero-order chi connectivity index (χ0) is 8.39. The Bertz CT molecular complexity index is 418. The Labute approximate surface area is 66.9 Å². The minimum Gasteiger partial charge on any atom is -0.324 e. The molecular weight excluding hydrogens is 158 g/mol. The van der Waals surface area contributed by atoms with Crippen molar-refractivity contribution in [2.75, 3.05) is 0 Å². The minimum atomic E-state index is -0.289. The van der Waals surface area contributed by atoms with Crippen LogP contribution in [0.4, 0.5) is 0 Å². The third kappa shape index (κ3) is 0.986. The van der Waals surface area contributed by atoms with Crippen molar-refractivity contribution in [2.24, 2.45) is 0 Å². The van der Waals surface area contributed by atoms with Crippen molar-refractivity contribution in [3.63, 3.8) is 0 Å². The van der Waals surface area contributed by atoms with Crippen molar-refractivity contribution in [3.05, 3.63) is 35.4 Å². The summed E-state index contributed by atoms with van der Waals surface area (Å²) >= 11 is 0. The van der Waals surface area contributed by atoms with Crippen LogP contribution in [-0.4, -0.2) is 24.7 Å². The molecule has 1 N–H and O–H groups in total. The molecule has 0 aliphatic heterocycles. The van der Waals surface area contributed by atoms with Gasteiger partial charge in [0.25, 0.3) is 5.56 Å². The highest BCUT2D eigenvalue weighted by Crippen LogP contribution is 1.88. The first-order valence-corrected chi connectivity index (χ1v) is 3.26. The van der Waals surface area contributed by atoms with Crippen LogP contribution in [0, 0.1) is 0 Å². The second kappa shape index (κ2) is 2.57. The molecule has 6 heteroatoms. The second-order valence-electron chi connectivity index (χ2n) is 2.08. The number of rotatable bonds is 1. The molecule has 0 aromatic carbocycles. The Hall–Kier alpha value is -1.98. The van der Waals surface area contributed by atoms with Gasteiger partial charge in [0.05, 0.1) is 0 Å². The highest BCUT2D eigenvalue weighted by molar-refractivity contribution is 5.13. The number of nitrogens with zero attached hydrogens (tertiary/aromatic N) is 4. The predicted molar refractivity (Wildman–Crippen MR) is 39.8 cm³/mol. The van der Waals surface area contributed by atoms with Gasteiger partial charge in [-0.3, -0.25) is 4.79 Å². The van der Waals surface area contributed by atoms with Crippen LogP contribution in [0.2, 0.25) is 0 Å². The van der Waals surface area contributed by atoms with Crippen LogP contribution in [-0.2, 0) is 0 Å². The summed E-state index contributed by atoms with van der Waals surface area (Å²) in [6.07, 6.45) is 5.70. The van der Waals surface area contributed by atoms with Crippen LogP contribution < -0.4 is 5.56 Å². The lowest BCUT2D eigenvalue weighted by Crippen LogP contribution is -2.15. The van der Waals surface area contributed by atoms with E-state index in [-0.39, 0.29) is 11.4 Å². The van der Waals surface area contributed by atoms with Gasteiger partial charge in [-0.25, -0.2) is 9.97 Å². The summed E-state index contributed by atoms with van der Waals surface area (Å²) in [5.74, 6) is 0.218. The molecule has 6 nitrogen and oxygen atoms in total. The lowest BCUT2D eigenvalue weighted by atomic mass is 10.6. The van der Waals surface area contributed by atoms with Crippen LogP contribution in [0.3, 0.4) is 0 Å². The average molecular weight is 163 g/mol.